The quantitative estimate of drug-likeness (QED) is 0.0548. The Morgan fingerprint density at radius 3 is 1.05 bits per heavy atom. The maximum absolute atomic E-state index is 10.2. The number of carboxylic acid groups (broad SMARTS) is 1. The highest BCUT2D eigenvalue weighted by Crippen LogP contribution is 2.15. The minimum absolute atomic E-state index is 0.233. The predicted octanol–water partition coefficient (Wildman–Crippen LogP) is 12.2. The third-order valence-corrected chi connectivity index (χ3v) is 9.15. The van der Waals surface area contributed by atoms with Gasteiger partial charge in [0.25, 0.3) is 0 Å². The molecule has 0 fully saturated rings. The van der Waals surface area contributed by atoms with Gasteiger partial charge in [0.1, 0.15) is 0 Å². The van der Waals surface area contributed by atoms with Gasteiger partial charge in [-0.25, -0.2) is 0 Å². The first-order valence-corrected chi connectivity index (χ1v) is 19.8. The van der Waals surface area contributed by atoms with E-state index in [2.05, 4.69) is 41.8 Å². The summed E-state index contributed by atoms with van der Waals surface area (Å²) in [4.78, 5) is 10.2. The molecule has 260 valence electrons. The molecule has 0 N–H and O–H groups in total. The maximum atomic E-state index is 10.2. The van der Waals surface area contributed by atoms with Crippen molar-refractivity contribution in [3.8, 4) is 0 Å². The lowest BCUT2D eigenvalue weighted by atomic mass is 10.0. The van der Waals surface area contributed by atoms with E-state index >= 15 is 0 Å². The molecule has 0 radical (unpaired) electrons. The number of carbonyl (C=O) groups excluding carboxylic acids is 1. The number of aliphatic carboxylic acids is 1. The number of carbonyl (C=O) groups is 1. The molecule has 0 aliphatic heterocycles. The van der Waals surface area contributed by atoms with Crippen molar-refractivity contribution in [2.24, 2.45) is 5.92 Å². The van der Waals surface area contributed by atoms with Crippen LogP contribution in [0.4, 0.5) is 0 Å². The van der Waals surface area contributed by atoms with E-state index in [-0.39, 0.29) is 6.42 Å². The average molecular weight is 610 g/mol. The Morgan fingerprint density at radius 2 is 0.744 bits per heavy atom. The summed E-state index contributed by atoms with van der Waals surface area (Å²) >= 11 is 0. The van der Waals surface area contributed by atoms with E-state index in [1.165, 1.54) is 191 Å². The van der Waals surface area contributed by atoms with E-state index in [9.17, 15) is 9.90 Å². The van der Waals surface area contributed by atoms with E-state index in [0.717, 1.165) is 18.8 Å². The van der Waals surface area contributed by atoms with Crippen molar-refractivity contribution in [2.45, 2.75) is 220 Å². The normalized spacial score (nSPS) is 11.6. The van der Waals surface area contributed by atoms with E-state index in [1.54, 1.807) is 0 Å². The number of hydrogen-bond donors (Lipinski definition) is 0. The van der Waals surface area contributed by atoms with Crippen LogP contribution in [-0.4, -0.2) is 37.6 Å². The van der Waals surface area contributed by atoms with E-state index in [4.69, 9.17) is 0 Å². The third kappa shape index (κ3) is 43.6. The van der Waals surface area contributed by atoms with Crippen LogP contribution in [0.25, 0.3) is 0 Å². The van der Waals surface area contributed by atoms with Crippen LogP contribution in [0.5, 0.6) is 0 Å². The summed E-state index contributed by atoms with van der Waals surface area (Å²) in [7, 11) is 4.87. The number of quaternary nitrogens is 1. The molecule has 0 aromatic heterocycles. The first kappa shape index (κ1) is 44.6. The lowest BCUT2D eigenvalue weighted by Gasteiger charge is -2.30. The molecule has 0 amide bonds. The van der Waals surface area contributed by atoms with Gasteiger partial charge in [0.05, 0.1) is 27.2 Å². The summed E-state index contributed by atoms with van der Waals surface area (Å²) in [6, 6.07) is 0. The van der Waals surface area contributed by atoms with Crippen molar-refractivity contribution in [2.75, 3.05) is 27.2 Å². The number of carboxylic acids is 1. The lowest BCUT2D eigenvalue weighted by Crippen LogP contribution is -2.41. The molecule has 0 atom stereocenters. The fourth-order valence-electron chi connectivity index (χ4n) is 6.05. The zero-order chi connectivity index (χ0) is 32.3. The number of nitrogens with zero attached hydrogens (tertiary/aromatic N) is 1. The van der Waals surface area contributed by atoms with Gasteiger partial charge >= 0.3 is 0 Å². The van der Waals surface area contributed by atoms with Crippen LogP contribution in [0.2, 0.25) is 0 Å². The van der Waals surface area contributed by atoms with Crippen molar-refractivity contribution in [1.29, 1.82) is 0 Å². The lowest BCUT2D eigenvalue weighted by molar-refractivity contribution is -0.890. The molecule has 0 unspecified atom stereocenters. The second-order valence-corrected chi connectivity index (χ2v) is 14.9. The Kier molecular flexibility index (Phi) is 37.2. The van der Waals surface area contributed by atoms with Gasteiger partial charge in [-0.15, -0.1) is 0 Å². The Bertz CT molecular complexity index is 509. The van der Waals surface area contributed by atoms with Crippen LogP contribution in [0.3, 0.4) is 0 Å². The first-order valence-electron chi connectivity index (χ1n) is 19.8. The van der Waals surface area contributed by atoms with Gasteiger partial charge in [-0.3, -0.25) is 0 Å². The molecule has 0 spiro atoms. The molecule has 0 bridgehead atoms. The summed E-state index contributed by atoms with van der Waals surface area (Å²) in [5, 5.41) is 10.2. The van der Waals surface area contributed by atoms with Crippen molar-refractivity contribution in [3.63, 3.8) is 0 Å². The zero-order valence-corrected chi connectivity index (χ0v) is 31.0. The molecule has 0 aliphatic carbocycles. The minimum Gasteiger partial charge on any atom is -0.550 e. The van der Waals surface area contributed by atoms with Gasteiger partial charge in [0.2, 0.25) is 0 Å². The number of hydrogen-bond acceptors (Lipinski definition) is 2. The Morgan fingerprint density at radius 1 is 0.465 bits per heavy atom. The zero-order valence-electron chi connectivity index (χ0n) is 31.0. The second kappa shape index (κ2) is 35.9. The monoisotopic (exact) mass is 610 g/mol. The Labute approximate surface area is 273 Å². The molecule has 43 heavy (non-hydrogen) atoms. The Balaban J connectivity index is 0. The molecule has 3 nitrogen and oxygen atoms in total. The highest BCUT2D eigenvalue weighted by atomic mass is 16.4. The SMILES string of the molecule is CC(C)CCCCCCCCCCCCCCC(=O)[O-].CCCCCCCCCC[N+](C)(C)CCCCCCCCCC. The number of rotatable bonds is 33. The fraction of sp³-hybridized carbons (Fsp3) is 0.975. The predicted molar refractivity (Wildman–Crippen MR) is 192 cm³/mol. The van der Waals surface area contributed by atoms with Crippen LogP contribution in [0.15, 0.2) is 0 Å². The van der Waals surface area contributed by atoms with Gasteiger partial charge in [-0.1, -0.05) is 182 Å². The molecular weight excluding hydrogens is 526 g/mol. The fourth-order valence-corrected chi connectivity index (χ4v) is 6.05. The highest BCUT2D eigenvalue weighted by Gasteiger charge is 2.13. The molecule has 0 saturated carbocycles. The summed E-state index contributed by atoms with van der Waals surface area (Å²) in [6.07, 6.45) is 40.0. The van der Waals surface area contributed by atoms with Gasteiger partial charge < -0.3 is 14.4 Å². The highest BCUT2D eigenvalue weighted by molar-refractivity contribution is 5.64. The molecular formula is C40H83NO2. The average Bonchev–Trinajstić information content (AvgIpc) is 2.96. The standard InChI is InChI=1S/C22H48N.C18H36O2/c1-5-7-9-11-13-15-17-19-21-23(3,4)22-20-18-16-14-12-10-8-6-2;1-17(2)15-13-11-9-7-5-3-4-6-8-10-12-14-16-18(19)20/h5-22H2,1-4H3;17H,3-16H2,1-2H3,(H,19,20)/q+1;/p-1. The largest absolute Gasteiger partial charge is 0.550 e. The topological polar surface area (TPSA) is 40.1 Å². The Hall–Kier alpha value is -0.570. The number of unbranched alkanes of at least 4 members (excludes halogenated alkanes) is 25. The summed E-state index contributed by atoms with van der Waals surface area (Å²) in [6.45, 7) is 12.0. The van der Waals surface area contributed by atoms with Crippen LogP contribution >= 0.6 is 0 Å². The van der Waals surface area contributed by atoms with Crippen molar-refractivity contribution < 1.29 is 14.4 Å². The van der Waals surface area contributed by atoms with Crippen LogP contribution < -0.4 is 5.11 Å². The van der Waals surface area contributed by atoms with Crippen molar-refractivity contribution in [1.82, 2.24) is 0 Å². The van der Waals surface area contributed by atoms with Gasteiger partial charge in [-0.2, -0.15) is 0 Å². The van der Waals surface area contributed by atoms with Gasteiger partial charge in [0, 0.05) is 5.97 Å². The van der Waals surface area contributed by atoms with Crippen LogP contribution in [0.1, 0.15) is 220 Å². The molecule has 0 heterocycles. The third-order valence-electron chi connectivity index (χ3n) is 9.15. The summed E-state index contributed by atoms with van der Waals surface area (Å²) < 4.78 is 1.24. The summed E-state index contributed by atoms with van der Waals surface area (Å²) in [5.41, 5.74) is 0. The smallest absolute Gasteiger partial charge is 0.0782 e. The molecule has 0 saturated heterocycles. The van der Waals surface area contributed by atoms with Crippen molar-refractivity contribution >= 4 is 5.97 Å². The van der Waals surface area contributed by atoms with Crippen molar-refractivity contribution in [3.05, 3.63) is 0 Å². The molecule has 0 aliphatic rings. The molecule has 0 rings (SSSR count). The van der Waals surface area contributed by atoms with Gasteiger partial charge in [-0.05, 0) is 44.4 Å². The van der Waals surface area contributed by atoms with Crippen LogP contribution in [0, 0.1) is 5.92 Å². The summed E-state index contributed by atoms with van der Waals surface area (Å²) in [5.74, 6) is -0.0415. The first-order chi connectivity index (χ1) is 20.7. The minimum atomic E-state index is -0.904. The van der Waals surface area contributed by atoms with Gasteiger partial charge in [0.15, 0.2) is 0 Å². The van der Waals surface area contributed by atoms with E-state index < -0.39 is 5.97 Å². The van der Waals surface area contributed by atoms with Crippen LogP contribution in [-0.2, 0) is 4.79 Å². The maximum Gasteiger partial charge on any atom is 0.0782 e. The molecule has 0 aromatic carbocycles. The molecule has 3 heteroatoms. The molecule has 0 aromatic rings. The second-order valence-electron chi connectivity index (χ2n) is 14.9. The van der Waals surface area contributed by atoms with E-state index in [0.29, 0.717) is 0 Å². The van der Waals surface area contributed by atoms with E-state index in [1.807, 2.05) is 0 Å².